The molecule has 0 saturated heterocycles. The van der Waals surface area contributed by atoms with E-state index >= 15 is 0 Å². The Labute approximate surface area is 77.2 Å². The maximum atomic E-state index is 10.5. The summed E-state index contributed by atoms with van der Waals surface area (Å²) in [7, 11) is 0. The number of rotatable bonds is 3. The summed E-state index contributed by atoms with van der Waals surface area (Å²) in [5, 5.41) is 12.6. The number of aromatic carboxylic acids is 1. The van der Waals surface area contributed by atoms with Gasteiger partial charge >= 0.3 is 5.97 Å². The smallest absolute Gasteiger partial charge is 0.356 e. The van der Waals surface area contributed by atoms with Gasteiger partial charge in [-0.2, -0.15) is 5.10 Å². The van der Waals surface area contributed by atoms with Crippen LogP contribution in [0, 0.1) is 5.92 Å². The standard InChI is InChI=1S/C9H14N2O2/c1-6(2)7(3)11-5-4-8(10-11)9(12)13/h4-7H,1-3H3,(H,12,13)/t7-/m0/s1. The highest BCUT2D eigenvalue weighted by molar-refractivity contribution is 5.85. The van der Waals surface area contributed by atoms with Gasteiger partial charge in [-0.25, -0.2) is 4.79 Å². The zero-order valence-corrected chi connectivity index (χ0v) is 8.06. The molecule has 13 heavy (non-hydrogen) atoms. The molecule has 0 fully saturated rings. The van der Waals surface area contributed by atoms with Gasteiger partial charge in [0.2, 0.25) is 0 Å². The summed E-state index contributed by atoms with van der Waals surface area (Å²) in [4.78, 5) is 10.5. The molecule has 1 heterocycles. The zero-order chi connectivity index (χ0) is 10.0. The van der Waals surface area contributed by atoms with E-state index in [-0.39, 0.29) is 11.7 Å². The molecule has 0 aromatic carbocycles. The third kappa shape index (κ3) is 2.08. The van der Waals surface area contributed by atoms with Crippen molar-refractivity contribution in [3.63, 3.8) is 0 Å². The fourth-order valence-electron chi connectivity index (χ4n) is 0.984. The van der Waals surface area contributed by atoms with E-state index < -0.39 is 5.97 Å². The van der Waals surface area contributed by atoms with Crippen molar-refractivity contribution < 1.29 is 9.90 Å². The second kappa shape index (κ2) is 3.60. The molecule has 0 unspecified atom stereocenters. The topological polar surface area (TPSA) is 55.1 Å². The Morgan fingerprint density at radius 2 is 2.15 bits per heavy atom. The molecule has 0 bridgehead atoms. The largest absolute Gasteiger partial charge is 0.476 e. The second-order valence-corrected chi connectivity index (χ2v) is 3.47. The number of carboxylic acids is 1. The molecule has 0 aliphatic heterocycles. The maximum Gasteiger partial charge on any atom is 0.356 e. The Hall–Kier alpha value is -1.32. The van der Waals surface area contributed by atoms with Crippen molar-refractivity contribution in [3.05, 3.63) is 18.0 Å². The van der Waals surface area contributed by atoms with E-state index in [0.717, 1.165) is 0 Å². The number of aromatic nitrogens is 2. The van der Waals surface area contributed by atoms with E-state index in [0.29, 0.717) is 5.92 Å². The first-order valence-electron chi connectivity index (χ1n) is 4.31. The summed E-state index contributed by atoms with van der Waals surface area (Å²) in [6.07, 6.45) is 1.70. The number of carbonyl (C=O) groups is 1. The third-order valence-corrected chi connectivity index (χ3v) is 2.21. The normalized spacial score (nSPS) is 13.2. The molecule has 72 valence electrons. The number of hydrogen-bond donors (Lipinski definition) is 1. The van der Waals surface area contributed by atoms with Crippen molar-refractivity contribution in [2.75, 3.05) is 0 Å². The SMILES string of the molecule is CC(C)[C@H](C)n1ccc(C(=O)O)n1. The zero-order valence-electron chi connectivity index (χ0n) is 8.06. The van der Waals surface area contributed by atoms with Crippen LogP contribution >= 0.6 is 0 Å². The van der Waals surface area contributed by atoms with Crippen LogP contribution in [-0.4, -0.2) is 20.9 Å². The molecule has 0 radical (unpaired) electrons. The summed E-state index contributed by atoms with van der Waals surface area (Å²) in [6, 6.07) is 1.74. The van der Waals surface area contributed by atoms with Crippen LogP contribution in [0.2, 0.25) is 0 Å². The molecule has 0 saturated carbocycles. The quantitative estimate of drug-likeness (QED) is 0.775. The van der Waals surface area contributed by atoms with Gasteiger partial charge in [0, 0.05) is 6.20 Å². The highest BCUT2D eigenvalue weighted by Crippen LogP contribution is 2.15. The average Bonchev–Trinajstić information content (AvgIpc) is 2.50. The van der Waals surface area contributed by atoms with Crippen molar-refractivity contribution in [1.82, 2.24) is 9.78 Å². The van der Waals surface area contributed by atoms with E-state index in [9.17, 15) is 4.79 Å². The van der Waals surface area contributed by atoms with Crippen molar-refractivity contribution in [2.45, 2.75) is 26.8 Å². The lowest BCUT2D eigenvalue weighted by atomic mass is 10.1. The monoisotopic (exact) mass is 182 g/mol. The lowest BCUT2D eigenvalue weighted by Crippen LogP contribution is -2.12. The molecule has 0 spiro atoms. The average molecular weight is 182 g/mol. The van der Waals surface area contributed by atoms with Crippen molar-refractivity contribution in [3.8, 4) is 0 Å². The fourth-order valence-corrected chi connectivity index (χ4v) is 0.984. The van der Waals surface area contributed by atoms with E-state index in [2.05, 4.69) is 18.9 Å². The Morgan fingerprint density at radius 1 is 1.54 bits per heavy atom. The minimum atomic E-state index is -0.977. The van der Waals surface area contributed by atoms with Crippen LogP contribution in [0.4, 0.5) is 0 Å². The summed E-state index contributed by atoms with van der Waals surface area (Å²) < 4.78 is 1.69. The molecular formula is C9H14N2O2. The minimum Gasteiger partial charge on any atom is -0.476 e. The highest BCUT2D eigenvalue weighted by Gasteiger charge is 2.12. The van der Waals surface area contributed by atoms with Gasteiger partial charge in [-0.05, 0) is 18.9 Å². The molecule has 4 nitrogen and oxygen atoms in total. The number of carboxylic acid groups (broad SMARTS) is 1. The van der Waals surface area contributed by atoms with Gasteiger partial charge in [0.05, 0.1) is 6.04 Å². The molecule has 1 aromatic rings. The van der Waals surface area contributed by atoms with Gasteiger partial charge in [0.1, 0.15) is 0 Å². The fraction of sp³-hybridized carbons (Fsp3) is 0.556. The van der Waals surface area contributed by atoms with Gasteiger partial charge in [-0.3, -0.25) is 4.68 Å². The minimum absolute atomic E-state index is 0.104. The lowest BCUT2D eigenvalue weighted by molar-refractivity contribution is 0.0689. The highest BCUT2D eigenvalue weighted by atomic mass is 16.4. The van der Waals surface area contributed by atoms with E-state index in [1.165, 1.54) is 6.07 Å². The molecule has 1 N–H and O–H groups in total. The van der Waals surface area contributed by atoms with Crippen LogP contribution in [0.25, 0.3) is 0 Å². The molecule has 1 atom stereocenters. The van der Waals surface area contributed by atoms with Crippen LogP contribution in [0.15, 0.2) is 12.3 Å². The first-order chi connectivity index (χ1) is 6.02. The number of nitrogens with zero attached hydrogens (tertiary/aromatic N) is 2. The van der Waals surface area contributed by atoms with Crippen LogP contribution in [0.1, 0.15) is 37.3 Å². The van der Waals surface area contributed by atoms with Crippen LogP contribution in [0.5, 0.6) is 0 Å². The van der Waals surface area contributed by atoms with Gasteiger partial charge in [0.15, 0.2) is 5.69 Å². The summed E-state index contributed by atoms with van der Waals surface area (Å²) in [5.74, 6) is -0.531. The van der Waals surface area contributed by atoms with Crippen molar-refractivity contribution in [2.24, 2.45) is 5.92 Å². The Kier molecular flexibility index (Phi) is 2.70. The van der Waals surface area contributed by atoms with Gasteiger partial charge < -0.3 is 5.11 Å². The molecule has 1 aromatic heterocycles. The number of hydrogen-bond acceptors (Lipinski definition) is 2. The predicted molar refractivity (Wildman–Crippen MR) is 48.7 cm³/mol. The van der Waals surface area contributed by atoms with Gasteiger partial charge in [0.25, 0.3) is 0 Å². The Balaban J connectivity index is 2.85. The molecule has 0 aliphatic carbocycles. The van der Waals surface area contributed by atoms with E-state index in [1.54, 1.807) is 10.9 Å². The molecular weight excluding hydrogens is 168 g/mol. The maximum absolute atomic E-state index is 10.5. The van der Waals surface area contributed by atoms with Gasteiger partial charge in [-0.15, -0.1) is 0 Å². The third-order valence-electron chi connectivity index (χ3n) is 2.21. The van der Waals surface area contributed by atoms with E-state index in [1.807, 2.05) is 6.92 Å². The first kappa shape index (κ1) is 9.77. The van der Waals surface area contributed by atoms with Crippen LogP contribution < -0.4 is 0 Å². The van der Waals surface area contributed by atoms with Crippen LogP contribution in [0.3, 0.4) is 0 Å². The molecule has 1 rings (SSSR count). The van der Waals surface area contributed by atoms with Crippen LogP contribution in [-0.2, 0) is 0 Å². The second-order valence-electron chi connectivity index (χ2n) is 3.47. The Morgan fingerprint density at radius 3 is 2.54 bits per heavy atom. The molecule has 0 amide bonds. The van der Waals surface area contributed by atoms with Gasteiger partial charge in [-0.1, -0.05) is 13.8 Å². The van der Waals surface area contributed by atoms with E-state index in [4.69, 9.17) is 5.11 Å². The summed E-state index contributed by atoms with van der Waals surface area (Å²) in [5.41, 5.74) is 0.104. The lowest BCUT2D eigenvalue weighted by Gasteiger charge is -2.15. The summed E-state index contributed by atoms with van der Waals surface area (Å²) in [6.45, 7) is 6.17. The molecule has 0 aliphatic rings. The van der Waals surface area contributed by atoms with Crippen molar-refractivity contribution in [1.29, 1.82) is 0 Å². The summed E-state index contributed by atoms with van der Waals surface area (Å²) >= 11 is 0. The first-order valence-corrected chi connectivity index (χ1v) is 4.31. The predicted octanol–water partition coefficient (Wildman–Crippen LogP) is 1.80. The molecule has 4 heteroatoms. The van der Waals surface area contributed by atoms with Crippen molar-refractivity contribution >= 4 is 5.97 Å². The Bertz CT molecular complexity index is 304.